The first-order valence-corrected chi connectivity index (χ1v) is 7.27. The lowest BCUT2D eigenvalue weighted by molar-refractivity contribution is -0.144. The summed E-state index contributed by atoms with van der Waals surface area (Å²) in [7, 11) is 1.48. The zero-order valence-corrected chi connectivity index (χ0v) is 11.7. The Morgan fingerprint density at radius 2 is 2.00 bits per heavy atom. The van der Waals surface area contributed by atoms with E-state index in [1.54, 1.807) is 0 Å². The van der Waals surface area contributed by atoms with E-state index in [4.69, 9.17) is 4.74 Å². The molecule has 0 aromatic carbocycles. The van der Waals surface area contributed by atoms with E-state index in [1.807, 2.05) is 0 Å². The summed E-state index contributed by atoms with van der Waals surface area (Å²) in [5.41, 5.74) is 0. The molecule has 4 heteroatoms. The number of carbonyl (C=O) groups excluding carboxylic acids is 1. The van der Waals surface area contributed by atoms with Crippen LogP contribution in [-0.2, 0) is 9.53 Å². The van der Waals surface area contributed by atoms with Crippen LogP contribution in [0.25, 0.3) is 0 Å². The Bertz CT molecular complexity index is 273. The van der Waals surface area contributed by atoms with Crippen molar-refractivity contribution in [3.8, 4) is 0 Å². The highest BCUT2D eigenvalue weighted by Crippen LogP contribution is 2.33. The zero-order valence-electron chi connectivity index (χ0n) is 11.7. The first-order valence-electron chi connectivity index (χ1n) is 7.27. The van der Waals surface area contributed by atoms with Crippen molar-refractivity contribution >= 4 is 5.97 Å². The molecule has 2 rings (SSSR count). The van der Waals surface area contributed by atoms with E-state index in [9.17, 15) is 4.79 Å². The van der Waals surface area contributed by atoms with Gasteiger partial charge in [0.05, 0.1) is 7.11 Å². The lowest BCUT2D eigenvalue weighted by Crippen LogP contribution is -2.49. The van der Waals surface area contributed by atoms with Crippen LogP contribution < -0.4 is 5.32 Å². The van der Waals surface area contributed by atoms with Crippen molar-refractivity contribution < 1.29 is 9.53 Å². The molecule has 1 heterocycles. The molecule has 104 valence electrons. The molecule has 18 heavy (non-hydrogen) atoms. The standard InChI is InChI=1S/C14H26N2O2/c1-11(10-16-8-4-3-5-9-16)15-13(12-6-7-12)14(17)18-2/h11-13,15H,3-10H2,1-2H3. The van der Waals surface area contributed by atoms with Gasteiger partial charge < -0.3 is 15.0 Å². The third kappa shape index (κ3) is 3.95. The van der Waals surface area contributed by atoms with E-state index in [2.05, 4.69) is 17.1 Å². The number of rotatable bonds is 6. The van der Waals surface area contributed by atoms with Gasteiger partial charge in [0, 0.05) is 12.6 Å². The van der Waals surface area contributed by atoms with Crippen LogP contribution in [0.5, 0.6) is 0 Å². The summed E-state index contributed by atoms with van der Waals surface area (Å²) in [5, 5.41) is 3.46. The van der Waals surface area contributed by atoms with Crippen molar-refractivity contribution in [1.82, 2.24) is 10.2 Å². The fourth-order valence-corrected chi connectivity index (χ4v) is 2.84. The zero-order chi connectivity index (χ0) is 13.0. The van der Waals surface area contributed by atoms with E-state index >= 15 is 0 Å². The van der Waals surface area contributed by atoms with Crippen LogP contribution in [0.4, 0.5) is 0 Å². The summed E-state index contributed by atoms with van der Waals surface area (Å²) in [6, 6.07) is 0.266. The predicted molar refractivity (Wildman–Crippen MR) is 71.4 cm³/mol. The van der Waals surface area contributed by atoms with Crippen LogP contribution in [-0.4, -0.2) is 49.7 Å². The Morgan fingerprint density at radius 1 is 1.33 bits per heavy atom. The van der Waals surface area contributed by atoms with E-state index in [1.165, 1.54) is 39.5 Å². The molecular formula is C14H26N2O2. The molecule has 0 aromatic heterocycles. The molecule has 0 aromatic rings. The van der Waals surface area contributed by atoms with Crippen molar-refractivity contribution in [3.63, 3.8) is 0 Å². The minimum absolute atomic E-state index is 0.0882. The molecule has 2 fully saturated rings. The minimum Gasteiger partial charge on any atom is -0.468 e. The van der Waals surface area contributed by atoms with Crippen molar-refractivity contribution in [2.24, 2.45) is 5.92 Å². The number of carbonyl (C=O) groups is 1. The number of hydrogen-bond donors (Lipinski definition) is 1. The summed E-state index contributed by atoms with van der Waals surface area (Å²) in [6.45, 7) is 5.63. The molecule has 2 unspecified atom stereocenters. The van der Waals surface area contributed by atoms with Gasteiger partial charge in [0.25, 0.3) is 0 Å². The summed E-state index contributed by atoms with van der Waals surface area (Å²) in [5.74, 6) is 0.407. The maximum Gasteiger partial charge on any atom is 0.323 e. The number of hydrogen-bond acceptors (Lipinski definition) is 4. The Balaban J connectivity index is 1.77. The summed E-state index contributed by atoms with van der Waals surface area (Å²) in [4.78, 5) is 14.2. The second-order valence-electron chi connectivity index (χ2n) is 5.77. The smallest absolute Gasteiger partial charge is 0.323 e. The molecule has 2 aliphatic rings. The average Bonchev–Trinajstić information content (AvgIpc) is 3.20. The molecule has 1 aliphatic heterocycles. The second-order valence-corrected chi connectivity index (χ2v) is 5.77. The highest BCUT2D eigenvalue weighted by Gasteiger charge is 2.37. The molecule has 0 radical (unpaired) electrons. The quantitative estimate of drug-likeness (QED) is 0.728. The Morgan fingerprint density at radius 3 is 2.56 bits per heavy atom. The molecule has 0 amide bonds. The van der Waals surface area contributed by atoms with Crippen molar-refractivity contribution in [2.75, 3.05) is 26.7 Å². The normalized spacial score (nSPS) is 24.6. The number of piperidine rings is 1. The molecule has 1 saturated carbocycles. The number of ether oxygens (including phenoxy) is 1. The second kappa shape index (κ2) is 6.53. The van der Waals surface area contributed by atoms with Crippen LogP contribution in [0.15, 0.2) is 0 Å². The van der Waals surface area contributed by atoms with Crippen molar-refractivity contribution in [3.05, 3.63) is 0 Å². The monoisotopic (exact) mass is 254 g/mol. The molecule has 1 N–H and O–H groups in total. The van der Waals surface area contributed by atoms with E-state index < -0.39 is 0 Å². The Kier molecular flexibility index (Phi) is 5.01. The van der Waals surface area contributed by atoms with Gasteiger partial charge in [-0.25, -0.2) is 0 Å². The van der Waals surface area contributed by atoms with Gasteiger partial charge in [0.2, 0.25) is 0 Å². The first-order chi connectivity index (χ1) is 8.70. The fourth-order valence-electron chi connectivity index (χ4n) is 2.84. The summed E-state index contributed by atoms with van der Waals surface area (Å²) >= 11 is 0. The maximum atomic E-state index is 11.7. The van der Waals surface area contributed by atoms with Crippen LogP contribution in [0.3, 0.4) is 0 Å². The third-order valence-corrected chi connectivity index (χ3v) is 3.99. The largest absolute Gasteiger partial charge is 0.468 e. The maximum absolute atomic E-state index is 11.7. The number of esters is 1. The Labute approximate surface area is 110 Å². The van der Waals surface area contributed by atoms with Gasteiger partial charge in [-0.05, 0) is 51.6 Å². The minimum atomic E-state index is -0.0944. The molecule has 1 saturated heterocycles. The van der Waals surface area contributed by atoms with Gasteiger partial charge in [-0.2, -0.15) is 0 Å². The highest BCUT2D eigenvalue weighted by atomic mass is 16.5. The SMILES string of the molecule is COC(=O)C(NC(C)CN1CCCCC1)C1CC1. The fraction of sp³-hybridized carbons (Fsp3) is 0.929. The van der Waals surface area contributed by atoms with E-state index in [0.29, 0.717) is 12.0 Å². The molecule has 0 bridgehead atoms. The van der Waals surface area contributed by atoms with Crippen molar-refractivity contribution in [2.45, 2.75) is 51.1 Å². The number of likely N-dealkylation sites (tertiary alicyclic amines) is 1. The van der Waals surface area contributed by atoms with Gasteiger partial charge in [-0.15, -0.1) is 0 Å². The van der Waals surface area contributed by atoms with E-state index in [0.717, 1.165) is 19.4 Å². The van der Waals surface area contributed by atoms with Gasteiger partial charge in [-0.1, -0.05) is 6.42 Å². The van der Waals surface area contributed by atoms with Crippen LogP contribution in [0.1, 0.15) is 39.0 Å². The van der Waals surface area contributed by atoms with Crippen molar-refractivity contribution in [1.29, 1.82) is 0 Å². The van der Waals surface area contributed by atoms with Crippen LogP contribution in [0.2, 0.25) is 0 Å². The van der Waals surface area contributed by atoms with Crippen LogP contribution in [0, 0.1) is 5.92 Å². The molecule has 2 atom stereocenters. The third-order valence-electron chi connectivity index (χ3n) is 3.99. The number of nitrogens with zero attached hydrogens (tertiary/aromatic N) is 1. The van der Waals surface area contributed by atoms with Gasteiger partial charge in [0.1, 0.15) is 6.04 Å². The lowest BCUT2D eigenvalue weighted by atomic mass is 10.1. The predicted octanol–water partition coefficient (Wildman–Crippen LogP) is 1.40. The number of nitrogens with one attached hydrogen (secondary N) is 1. The topological polar surface area (TPSA) is 41.6 Å². The molecule has 4 nitrogen and oxygen atoms in total. The first kappa shape index (κ1) is 13.8. The lowest BCUT2D eigenvalue weighted by Gasteiger charge is -2.30. The van der Waals surface area contributed by atoms with Crippen LogP contribution >= 0.6 is 0 Å². The highest BCUT2D eigenvalue weighted by molar-refractivity contribution is 5.76. The molecular weight excluding hydrogens is 228 g/mol. The molecule has 1 aliphatic carbocycles. The average molecular weight is 254 g/mol. The Hall–Kier alpha value is -0.610. The summed E-state index contributed by atoms with van der Waals surface area (Å²) < 4.78 is 4.89. The number of methoxy groups -OCH3 is 1. The summed E-state index contributed by atoms with van der Waals surface area (Å²) in [6.07, 6.45) is 6.31. The van der Waals surface area contributed by atoms with Gasteiger partial charge >= 0.3 is 5.97 Å². The molecule has 0 spiro atoms. The van der Waals surface area contributed by atoms with Gasteiger partial charge in [0.15, 0.2) is 0 Å². The van der Waals surface area contributed by atoms with E-state index in [-0.39, 0.29) is 12.0 Å². The van der Waals surface area contributed by atoms with Gasteiger partial charge in [-0.3, -0.25) is 4.79 Å².